The summed E-state index contributed by atoms with van der Waals surface area (Å²) in [5.41, 5.74) is 1.15. The lowest BCUT2D eigenvalue weighted by Gasteiger charge is -2.33. The van der Waals surface area contributed by atoms with Gasteiger partial charge in [-0.3, -0.25) is 14.9 Å². The summed E-state index contributed by atoms with van der Waals surface area (Å²) in [5.74, 6) is 0.406. The van der Waals surface area contributed by atoms with Crippen molar-refractivity contribution < 1.29 is 9.72 Å². The lowest BCUT2D eigenvalue weighted by atomic mass is 9.70. The Balaban J connectivity index is 2.23. The van der Waals surface area contributed by atoms with Crippen LogP contribution in [0, 0.1) is 21.4 Å². The average Bonchev–Trinajstić information content (AvgIpc) is 2.53. The molecule has 0 heterocycles. The van der Waals surface area contributed by atoms with Gasteiger partial charge in [-0.15, -0.1) is 0 Å². The number of fused-ring (bicyclic) bond motifs is 1. The number of hydrogen-bond acceptors (Lipinski definition) is 3. The van der Waals surface area contributed by atoms with Gasteiger partial charge >= 0.3 is 0 Å². The van der Waals surface area contributed by atoms with Crippen LogP contribution in [0.3, 0.4) is 0 Å². The quantitative estimate of drug-likeness (QED) is 0.531. The number of allylic oxidation sites excluding steroid dienone is 3. The summed E-state index contributed by atoms with van der Waals surface area (Å²) in [5, 5.41) is 10.3. The van der Waals surface area contributed by atoms with Crippen LogP contribution in [0.1, 0.15) is 32.6 Å². The van der Waals surface area contributed by atoms with Crippen molar-refractivity contribution in [3.05, 3.63) is 34.0 Å². The SMILES string of the molecule is C[C@]12CCC(=O)C=C1CC[C@@H]2/C=C/[N+](=O)[O-]. The Kier molecular flexibility index (Phi) is 2.66. The first kappa shape index (κ1) is 11.0. The highest BCUT2D eigenvalue weighted by molar-refractivity contribution is 5.91. The van der Waals surface area contributed by atoms with Crippen molar-refractivity contribution in [2.45, 2.75) is 32.6 Å². The fourth-order valence-electron chi connectivity index (χ4n) is 2.87. The monoisotopic (exact) mass is 221 g/mol. The van der Waals surface area contributed by atoms with Crippen LogP contribution in [0.25, 0.3) is 0 Å². The van der Waals surface area contributed by atoms with Crippen LogP contribution in [0.5, 0.6) is 0 Å². The first-order valence-electron chi connectivity index (χ1n) is 5.58. The summed E-state index contributed by atoms with van der Waals surface area (Å²) in [6.45, 7) is 2.12. The summed E-state index contributed by atoms with van der Waals surface area (Å²) < 4.78 is 0. The molecule has 0 aromatic carbocycles. The topological polar surface area (TPSA) is 60.2 Å². The molecule has 0 N–H and O–H groups in total. The Morgan fingerprint density at radius 3 is 3.00 bits per heavy atom. The molecule has 0 amide bonds. The third kappa shape index (κ3) is 1.79. The molecule has 16 heavy (non-hydrogen) atoms. The summed E-state index contributed by atoms with van der Waals surface area (Å²) in [6.07, 6.45) is 7.69. The first-order chi connectivity index (χ1) is 7.52. The predicted octanol–water partition coefficient (Wildman–Crippen LogP) is 2.48. The first-order valence-corrected chi connectivity index (χ1v) is 5.58. The Hall–Kier alpha value is -1.45. The molecule has 86 valence electrons. The fourth-order valence-corrected chi connectivity index (χ4v) is 2.87. The number of carbonyl (C=O) groups is 1. The molecule has 2 rings (SSSR count). The summed E-state index contributed by atoms with van der Waals surface area (Å²) in [4.78, 5) is 21.2. The molecule has 0 bridgehead atoms. The molecule has 0 aromatic heterocycles. The minimum atomic E-state index is -0.418. The number of nitro groups is 1. The standard InChI is InChI=1S/C12H15NO3/c1-12-6-4-11(14)8-10(12)3-2-9(12)5-7-13(15)16/h5,7-9H,2-4,6H2,1H3/b7-5+/t9-,12-/m1/s1. The summed E-state index contributed by atoms with van der Waals surface area (Å²) in [6, 6.07) is 0. The second kappa shape index (κ2) is 3.85. The van der Waals surface area contributed by atoms with Crippen molar-refractivity contribution in [3.8, 4) is 0 Å². The van der Waals surface area contributed by atoms with Crippen molar-refractivity contribution >= 4 is 5.78 Å². The lowest BCUT2D eigenvalue weighted by Crippen LogP contribution is -2.27. The van der Waals surface area contributed by atoms with Crippen LogP contribution in [0.4, 0.5) is 0 Å². The third-order valence-corrected chi connectivity index (χ3v) is 3.94. The maximum atomic E-state index is 11.3. The van der Waals surface area contributed by atoms with Crippen LogP contribution < -0.4 is 0 Å². The fraction of sp³-hybridized carbons (Fsp3) is 0.583. The third-order valence-electron chi connectivity index (χ3n) is 3.94. The average molecular weight is 221 g/mol. The number of carbonyl (C=O) groups excluding carboxylic acids is 1. The molecule has 0 spiro atoms. The largest absolute Gasteiger partial charge is 0.295 e. The molecule has 1 fully saturated rings. The minimum Gasteiger partial charge on any atom is -0.295 e. The highest BCUT2D eigenvalue weighted by Crippen LogP contribution is 2.52. The number of rotatable bonds is 2. The smallest absolute Gasteiger partial charge is 0.230 e. The number of nitrogens with zero attached hydrogens (tertiary/aromatic N) is 1. The van der Waals surface area contributed by atoms with Crippen LogP contribution in [0.15, 0.2) is 23.9 Å². The van der Waals surface area contributed by atoms with Crippen LogP contribution in [-0.2, 0) is 4.79 Å². The van der Waals surface area contributed by atoms with Gasteiger partial charge in [-0.1, -0.05) is 12.5 Å². The Morgan fingerprint density at radius 2 is 2.31 bits per heavy atom. The normalized spacial score (nSPS) is 33.9. The second-order valence-electron chi connectivity index (χ2n) is 4.83. The Morgan fingerprint density at radius 1 is 1.56 bits per heavy atom. The van der Waals surface area contributed by atoms with Gasteiger partial charge in [-0.2, -0.15) is 0 Å². The highest BCUT2D eigenvalue weighted by Gasteiger charge is 2.43. The van der Waals surface area contributed by atoms with Crippen molar-refractivity contribution in [2.24, 2.45) is 11.3 Å². The van der Waals surface area contributed by atoms with E-state index in [1.807, 2.05) is 0 Å². The van der Waals surface area contributed by atoms with Crippen LogP contribution in [0.2, 0.25) is 0 Å². The van der Waals surface area contributed by atoms with E-state index in [0.29, 0.717) is 6.42 Å². The van der Waals surface area contributed by atoms with Gasteiger partial charge in [0, 0.05) is 6.42 Å². The molecule has 0 aliphatic heterocycles. The summed E-state index contributed by atoms with van der Waals surface area (Å²) in [7, 11) is 0. The van der Waals surface area contributed by atoms with Gasteiger partial charge in [0.15, 0.2) is 5.78 Å². The molecule has 1 saturated carbocycles. The zero-order chi connectivity index (χ0) is 11.8. The molecule has 2 aliphatic carbocycles. The maximum Gasteiger partial charge on any atom is 0.230 e. The molecule has 0 aromatic rings. The predicted molar refractivity (Wildman–Crippen MR) is 59.3 cm³/mol. The molecule has 0 saturated heterocycles. The van der Waals surface area contributed by atoms with Crippen LogP contribution >= 0.6 is 0 Å². The Labute approximate surface area is 94.2 Å². The van der Waals surface area contributed by atoms with E-state index in [-0.39, 0.29) is 17.1 Å². The van der Waals surface area contributed by atoms with E-state index in [9.17, 15) is 14.9 Å². The number of ketones is 1. The molecule has 0 radical (unpaired) electrons. The molecule has 2 atom stereocenters. The molecule has 0 unspecified atom stereocenters. The van der Waals surface area contributed by atoms with Gasteiger partial charge in [0.1, 0.15) is 0 Å². The van der Waals surface area contributed by atoms with Gasteiger partial charge in [0.25, 0.3) is 0 Å². The van der Waals surface area contributed by atoms with E-state index in [2.05, 4.69) is 6.92 Å². The second-order valence-corrected chi connectivity index (χ2v) is 4.83. The maximum absolute atomic E-state index is 11.3. The zero-order valence-corrected chi connectivity index (χ0v) is 9.31. The van der Waals surface area contributed by atoms with Crippen LogP contribution in [-0.4, -0.2) is 10.7 Å². The highest BCUT2D eigenvalue weighted by atomic mass is 16.6. The van der Waals surface area contributed by atoms with E-state index in [1.54, 1.807) is 12.2 Å². The van der Waals surface area contributed by atoms with Gasteiger partial charge < -0.3 is 0 Å². The van der Waals surface area contributed by atoms with E-state index in [1.165, 1.54) is 5.57 Å². The summed E-state index contributed by atoms with van der Waals surface area (Å²) >= 11 is 0. The van der Waals surface area contributed by atoms with Gasteiger partial charge in [0.05, 0.1) is 4.92 Å². The minimum absolute atomic E-state index is 0.0274. The van der Waals surface area contributed by atoms with Gasteiger partial charge in [-0.25, -0.2) is 0 Å². The molecule has 4 nitrogen and oxygen atoms in total. The molecular weight excluding hydrogens is 206 g/mol. The van der Waals surface area contributed by atoms with Gasteiger partial charge in [0.2, 0.25) is 6.20 Å². The van der Waals surface area contributed by atoms with E-state index in [4.69, 9.17) is 0 Å². The van der Waals surface area contributed by atoms with Crippen molar-refractivity contribution in [2.75, 3.05) is 0 Å². The van der Waals surface area contributed by atoms with E-state index in [0.717, 1.165) is 25.5 Å². The zero-order valence-electron chi connectivity index (χ0n) is 9.31. The van der Waals surface area contributed by atoms with Crippen molar-refractivity contribution in [1.82, 2.24) is 0 Å². The molecule has 4 heteroatoms. The molecule has 2 aliphatic rings. The molecular formula is C12H15NO3. The van der Waals surface area contributed by atoms with Crippen molar-refractivity contribution in [1.29, 1.82) is 0 Å². The van der Waals surface area contributed by atoms with Gasteiger partial charge in [-0.05, 0) is 42.7 Å². The number of hydrogen-bond donors (Lipinski definition) is 0. The van der Waals surface area contributed by atoms with E-state index >= 15 is 0 Å². The van der Waals surface area contributed by atoms with Crippen molar-refractivity contribution in [3.63, 3.8) is 0 Å². The lowest BCUT2D eigenvalue weighted by molar-refractivity contribution is -0.403. The Bertz CT molecular complexity index is 397. The van der Waals surface area contributed by atoms with E-state index < -0.39 is 4.92 Å².